The summed E-state index contributed by atoms with van der Waals surface area (Å²) < 4.78 is 32.1. The summed E-state index contributed by atoms with van der Waals surface area (Å²) in [5, 5.41) is 3.04. The van der Waals surface area contributed by atoms with E-state index in [1.807, 2.05) is 12.1 Å². The van der Waals surface area contributed by atoms with Gasteiger partial charge < -0.3 is 10.1 Å². The van der Waals surface area contributed by atoms with Crippen molar-refractivity contribution in [3.05, 3.63) is 59.9 Å². The largest absolute Gasteiger partial charge is 0.490 e. The van der Waals surface area contributed by atoms with Crippen molar-refractivity contribution in [1.82, 2.24) is 10.3 Å². The zero-order chi connectivity index (χ0) is 17.6. The number of hydrogen-bond donors (Lipinski definition) is 1. The normalized spacial score (nSPS) is 20.1. The van der Waals surface area contributed by atoms with E-state index in [1.165, 1.54) is 12.1 Å². The fourth-order valence-electron chi connectivity index (χ4n) is 3.08. The predicted molar refractivity (Wildman–Crippen MR) is 89.1 cm³/mol. The van der Waals surface area contributed by atoms with E-state index in [4.69, 9.17) is 4.74 Å². The number of carbonyl (C=O) groups excluding carboxylic acids is 1. The minimum atomic E-state index is -0.646. The monoisotopic (exact) mass is 346 g/mol. The van der Waals surface area contributed by atoms with Crippen LogP contribution in [0.1, 0.15) is 31.2 Å². The molecule has 0 unspecified atom stereocenters. The lowest BCUT2D eigenvalue weighted by molar-refractivity contribution is -0.121. The van der Waals surface area contributed by atoms with Gasteiger partial charge in [0.2, 0.25) is 5.91 Å². The fourth-order valence-corrected chi connectivity index (χ4v) is 3.08. The molecule has 1 aliphatic rings. The van der Waals surface area contributed by atoms with Crippen LogP contribution in [0.3, 0.4) is 0 Å². The maximum atomic E-state index is 13.2. The predicted octanol–water partition coefficient (Wildman–Crippen LogP) is 3.41. The number of ether oxygens (including phenoxy) is 1. The Kier molecular flexibility index (Phi) is 5.58. The zero-order valence-electron chi connectivity index (χ0n) is 13.8. The number of carbonyl (C=O) groups is 1. The molecule has 1 saturated carbocycles. The van der Waals surface area contributed by atoms with Crippen LogP contribution in [0, 0.1) is 11.6 Å². The SMILES string of the molecule is O=C(Cc1ccncc1)NC1CCC(Oc2cc(F)cc(F)c2)CC1. The van der Waals surface area contributed by atoms with Gasteiger partial charge in [-0.3, -0.25) is 9.78 Å². The number of aromatic nitrogens is 1. The first-order chi connectivity index (χ1) is 12.1. The number of benzene rings is 1. The van der Waals surface area contributed by atoms with Crippen molar-refractivity contribution >= 4 is 5.91 Å². The molecule has 1 aromatic heterocycles. The number of nitrogens with zero attached hydrogens (tertiary/aromatic N) is 1. The van der Waals surface area contributed by atoms with Crippen LogP contribution < -0.4 is 10.1 Å². The lowest BCUT2D eigenvalue weighted by atomic mass is 9.92. The maximum Gasteiger partial charge on any atom is 0.224 e. The molecule has 0 saturated heterocycles. The first kappa shape index (κ1) is 17.3. The molecule has 1 heterocycles. The van der Waals surface area contributed by atoms with Gasteiger partial charge in [-0.2, -0.15) is 0 Å². The topological polar surface area (TPSA) is 51.2 Å². The Hall–Kier alpha value is -2.50. The van der Waals surface area contributed by atoms with Crippen molar-refractivity contribution in [2.75, 3.05) is 0 Å². The van der Waals surface area contributed by atoms with Crippen molar-refractivity contribution in [2.45, 2.75) is 44.2 Å². The van der Waals surface area contributed by atoms with E-state index in [2.05, 4.69) is 10.3 Å². The van der Waals surface area contributed by atoms with Crippen LogP contribution in [-0.4, -0.2) is 23.0 Å². The van der Waals surface area contributed by atoms with Crippen molar-refractivity contribution in [2.24, 2.45) is 0 Å². The Labute approximate surface area is 145 Å². The van der Waals surface area contributed by atoms with E-state index >= 15 is 0 Å². The molecule has 0 bridgehead atoms. The molecule has 1 aromatic carbocycles. The molecular formula is C19H20F2N2O2. The van der Waals surface area contributed by atoms with Gasteiger partial charge in [0.1, 0.15) is 17.4 Å². The second-order valence-electron chi connectivity index (χ2n) is 6.30. The van der Waals surface area contributed by atoms with Crippen molar-refractivity contribution in [3.63, 3.8) is 0 Å². The summed E-state index contributed by atoms with van der Waals surface area (Å²) >= 11 is 0. The molecule has 0 radical (unpaired) electrons. The van der Waals surface area contributed by atoms with Crippen LogP contribution in [0.2, 0.25) is 0 Å². The van der Waals surface area contributed by atoms with E-state index in [1.54, 1.807) is 12.4 Å². The van der Waals surface area contributed by atoms with Crippen molar-refractivity contribution in [3.8, 4) is 5.75 Å². The molecule has 132 valence electrons. The number of rotatable bonds is 5. The minimum absolute atomic E-state index is 0.0113. The molecular weight excluding hydrogens is 326 g/mol. The van der Waals surface area contributed by atoms with Gasteiger partial charge in [-0.1, -0.05) is 0 Å². The Morgan fingerprint density at radius 1 is 1.08 bits per heavy atom. The van der Waals surface area contributed by atoms with Crippen molar-refractivity contribution < 1.29 is 18.3 Å². The maximum absolute atomic E-state index is 13.2. The summed E-state index contributed by atoms with van der Waals surface area (Å²) in [6, 6.07) is 6.95. The highest BCUT2D eigenvalue weighted by Gasteiger charge is 2.24. The molecule has 0 spiro atoms. The molecule has 4 nitrogen and oxygen atoms in total. The number of pyridine rings is 1. The quantitative estimate of drug-likeness (QED) is 0.903. The lowest BCUT2D eigenvalue weighted by Gasteiger charge is -2.29. The van der Waals surface area contributed by atoms with Gasteiger partial charge in [0.05, 0.1) is 12.5 Å². The molecule has 6 heteroatoms. The molecule has 1 fully saturated rings. The number of hydrogen-bond acceptors (Lipinski definition) is 3. The Morgan fingerprint density at radius 2 is 1.72 bits per heavy atom. The molecule has 25 heavy (non-hydrogen) atoms. The number of halogens is 2. The van der Waals surface area contributed by atoms with E-state index in [9.17, 15) is 13.6 Å². The second-order valence-corrected chi connectivity index (χ2v) is 6.30. The average Bonchev–Trinajstić information content (AvgIpc) is 2.56. The third kappa shape index (κ3) is 5.24. The second kappa shape index (κ2) is 8.05. The summed E-state index contributed by atoms with van der Waals surface area (Å²) in [7, 11) is 0. The van der Waals surface area contributed by atoms with Gasteiger partial charge in [0, 0.05) is 36.6 Å². The highest BCUT2D eigenvalue weighted by molar-refractivity contribution is 5.78. The van der Waals surface area contributed by atoms with Gasteiger partial charge in [-0.15, -0.1) is 0 Å². The third-order valence-corrected chi connectivity index (χ3v) is 4.29. The van der Waals surface area contributed by atoms with Gasteiger partial charge in [-0.05, 0) is 43.4 Å². The van der Waals surface area contributed by atoms with Crippen LogP contribution in [0.5, 0.6) is 5.75 Å². The molecule has 1 N–H and O–H groups in total. The Morgan fingerprint density at radius 3 is 2.36 bits per heavy atom. The van der Waals surface area contributed by atoms with Crippen molar-refractivity contribution in [1.29, 1.82) is 0 Å². The summed E-state index contributed by atoms with van der Waals surface area (Å²) in [5.41, 5.74) is 0.928. The molecule has 1 aliphatic carbocycles. The first-order valence-corrected chi connectivity index (χ1v) is 8.39. The fraction of sp³-hybridized carbons (Fsp3) is 0.368. The van der Waals surface area contributed by atoms with Crippen LogP contribution in [0.4, 0.5) is 8.78 Å². The molecule has 0 atom stereocenters. The molecule has 0 aliphatic heterocycles. The zero-order valence-corrected chi connectivity index (χ0v) is 13.8. The standard InChI is InChI=1S/C19H20F2N2O2/c20-14-10-15(21)12-18(11-14)25-17-3-1-16(2-4-17)23-19(24)9-13-5-7-22-8-6-13/h5-8,10-12,16-17H,1-4,9H2,(H,23,24). The summed E-state index contributed by atoms with van der Waals surface area (Å²) in [5.74, 6) is -1.09. The minimum Gasteiger partial charge on any atom is -0.490 e. The smallest absolute Gasteiger partial charge is 0.224 e. The lowest BCUT2D eigenvalue weighted by Crippen LogP contribution is -2.40. The van der Waals surface area contributed by atoms with E-state index in [0.29, 0.717) is 6.42 Å². The van der Waals surface area contributed by atoms with E-state index < -0.39 is 11.6 Å². The van der Waals surface area contributed by atoms with Crippen LogP contribution in [0.15, 0.2) is 42.7 Å². The third-order valence-electron chi connectivity index (χ3n) is 4.29. The number of nitrogens with one attached hydrogen (secondary N) is 1. The summed E-state index contributed by atoms with van der Waals surface area (Å²) in [4.78, 5) is 16.0. The Bertz CT molecular complexity index is 696. The van der Waals surface area contributed by atoms with Crippen LogP contribution in [0.25, 0.3) is 0 Å². The summed E-state index contributed by atoms with van der Waals surface area (Å²) in [6.45, 7) is 0. The van der Waals surface area contributed by atoms with Crippen LogP contribution >= 0.6 is 0 Å². The van der Waals surface area contributed by atoms with E-state index in [0.717, 1.165) is 37.3 Å². The molecule has 2 aromatic rings. The number of amides is 1. The average molecular weight is 346 g/mol. The highest BCUT2D eigenvalue weighted by Crippen LogP contribution is 2.25. The van der Waals surface area contributed by atoms with Gasteiger partial charge in [0.15, 0.2) is 0 Å². The Balaban J connectivity index is 1.44. The van der Waals surface area contributed by atoms with Gasteiger partial charge in [-0.25, -0.2) is 8.78 Å². The first-order valence-electron chi connectivity index (χ1n) is 8.39. The molecule has 3 rings (SSSR count). The summed E-state index contributed by atoms with van der Waals surface area (Å²) in [6.07, 6.45) is 6.61. The van der Waals surface area contributed by atoms with Crippen LogP contribution in [-0.2, 0) is 11.2 Å². The highest BCUT2D eigenvalue weighted by atomic mass is 19.1. The van der Waals surface area contributed by atoms with Gasteiger partial charge >= 0.3 is 0 Å². The molecule has 1 amide bonds. The van der Waals surface area contributed by atoms with E-state index in [-0.39, 0.29) is 23.8 Å². The van der Waals surface area contributed by atoms with Gasteiger partial charge in [0.25, 0.3) is 0 Å².